The van der Waals surface area contributed by atoms with Gasteiger partial charge >= 0.3 is 0 Å². The summed E-state index contributed by atoms with van der Waals surface area (Å²) in [5.74, 6) is 1.44. The molecule has 4 nitrogen and oxygen atoms in total. The van der Waals surface area contributed by atoms with Crippen molar-refractivity contribution < 1.29 is 0 Å². The number of anilines is 3. The zero-order valence-electron chi connectivity index (χ0n) is 15.9. The molecule has 0 unspecified atom stereocenters. The molecule has 0 amide bonds. The maximum atomic E-state index is 4.71. The Hall–Kier alpha value is -2.88. The van der Waals surface area contributed by atoms with E-state index in [0.29, 0.717) is 12.0 Å². The highest BCUT2D eigenvalue weighted by Crippen LogP contribution is 2.26. The standard InChI is InChI=1S/C22H26N4/c1-5-17(4)23-22-25-20(18-9-7-6-8-10-18)14-21(26-22)24-19-13-15(2)11-12-16(19)3/h6-14,17H,5H2,1-4H3,(H2,23,24,25,26)/t17-/m1/s1. The molecule has 0 spiro atoms. The molecular weight excluding hydrogens is 320 g/mol. The lowest BCUT2D eigenvalue weighted by atomic mass is 10.1. The second kappa shape index (κ2) is 8.00. The van der Waals surface area contributed by atoms with E-state index < -0.39 is 0 Å². The average Bonchev–Trinajstić information content (AvgIpc) is 2.65. The van der Waals surface area contributed by atoms with Crippen molar-refractivity contribution in [1.29, 1.82) is 0 Å². The molecule has 0 saturated heterocycles. The average molecular weight is 346 g/mol. The molecule has 0 radical (unpaired) electrons. The highest BCUT2D eigenvalue weighted by Gasteiger charge is 2.10. The Morgan fingerprint density at radius 3 is 2.46 bits per heavy atom. The van der Waals surface area contributed by atoms with Crippen LogP contribution in [0.3, 0.4) is 0 Å². The summed E-state index contributed by atoms with van der Waals surface area (Å²) in [6.45, 7) is 8.47. The Kier molecular flexibility index (Phi) is 5.52. The number of nitrogens with zero attached hydrogens (tertiary/aromatic N) is 2. The maximum Gasteiger partial charge on any atom is 0.225 e. The van der Waals surface area contributed by atoms with Crippen molar-refractivity contribution in [2.45, 2.75) is 40.2 Å². The fourth-order valence-electron chi connectivity index (χ4n) is 2.66. The molecule has 26 heavy (non-hydrogen) atoms. The van der Waals surface area contributed by atoms with Crippen LogP contribution >= 0.6 is 0 Å². The number of nitrogens with one attached hydrogen (secondary N) is 2. The van der Waals surface area contributed by atoms with E-state index >= 15 is 0 Å². The number of aromatic nitrogens is 2. The Bertz CT molecular complexity index is 875. The van der Waals surface area contributed by atoms with Crippen molar-refractivity contribution in [3.05, 3.63) is 65.7 Å². The van der Waals surface area contributed by atoms with Gasteiger partial charge < -0.3 is 10.6 Å². The fourth-order valence-corrected chi connectivity index (χ4v) is 2.66. The highest BCUT2D eigenvalue weighted by atomic mass is 15.2. The summed E-state index contributed by atoms with van der Waals surface area (Å²) >= 11 is 0. The SMILES string of the molecule is CC[C@@H](C)Nc1nc(Nc2cc(C)ccc2C)cc(-c2ccccc2)n1. The minimum absolute atomic E-state index is 0.314. The molecule has 4 heteroatoms. The zero-order valence-corrected chi connectivity index (χ0v) is 15.9. The van der Waals surface area contributed by atoms with Gasteiger partial charge in [-0.15, -0.1) is 0 Å². The third kappa shape index (κ3) is 4.39. The summed E-state index contributed by atoms with van der Waals surface area (Å²) in [6, 6.07) is 18.9. The quantitative estimate of drug-likeness (QED) is 0.600. The van der Waals surface area contributed by atoms with E-state index in [1.54, 1.807) is 0 Å². The van der Waals surface area contributed by atoms with Crippen molar-refractivity contribution in [2.75, 3.05) is 10.6 Å². The largest absolute Gasteiger partial charge is 0.352 e. The molecule has 1 atom stereocenters. The van der Waals surface area contributed by atoms with Crippen molar-refractivity contribution >= 4 is 17.5 Å². The summed E-state index contributed by atoms with van der Waals surface area (Å²) in [5, 5.41) is 6.86. The molecule has 1 heterocycles. The lowest BCUT2D eigenvalue weighted by Gasteiger charge is -2.15. The van der Waals surface area contributed by atoms with Gasteiger partial charge in [0.25, 0.3) is 0 Å². The maximum absolute atomic E-state index is 4.71. The van der Waals surface area contributed by atoms with Crippen molar-refractivity contribution in [1.82, 2.24) is 9.97 Å². The topological polar surface area (TPSA) is 49.8 Å². The lowest BCUT2D eigenvalue weighted by Crippen LogP contribution is -2.16. The van der Waals surface area contributed by atoms with Crippen LogP contribution in [0.5, 0.6) is 0 Å². The molecule has 0 aliphatic heterocycles. The molecule has 3 rings (SSSR count). The van der Waals surface area contributed by atoms with Gasteiger partial charge in [0.2, 0.25) is 5.95 Å². The van der Waals surface area contributed by atoms with Gasteiger partial charge in [0.05, 0.1) is 5.69 Å². The Morgan fingerprint density at radius 2 is 1.73 bits per heavy atom. The molecule has 3 aromatic rings. The summed E-state index contributed by atoms with van der Waals surface area (Å²) in [4.78, 5) is 9.39. The first kappa shape index (κ1) is 17.9. The molecule has 134 valence electrons. The molecule has 2 N–H and O–H groups in total. The third-order valence-electron chi connectivity index (χ3n) is 4.44. The van der Waals surface area contributed by atoms with E-state index in [4.69, 9.17) is 4.98 Å². The van der Waals surface area contributed by atoms with Crippen LogP contribution in [0.1, 0.15) is 31.4 Å². The van der Waals surface area contributed by atoms with E-state index in [9.17, 15) is 0 Å². The minimum Gasteiger partial charge on any atom is -0.352 e. The van der Waals surface area contributed by atoms with E-state index in [-0.39, 0.29) is 0 Å². The third-order valence-corrected chi connectivity index (χ3v) is 4.44. The Labute approximate surface area is 155 Å². The van der Waals surface area contributed by atoms with Crippen LogP contribution < -0.4 is 10.6 Å². The molecule has 0 bridgehead atoms. The summed E-state index contributed by atoms with van der Waals surface area (Å²) in [7, 11) is 0. The molecular formula is C22H26N4. The number of hydrogen-bond acceptors (Lipinski definition) is 4. The van der Waals surface area contributed by atoms with Crippen LogP contribution in [0.25, 0.3) is 11.3 Å². The van der Waals surface area contributed by atoms with Crippen LogP contribution in [0, 0.1) is 13.8 Å². The predicted molar refractivity (Wildman–Crippen MR) is 110 cm³/mol. The summed E-state index contributed by atoms with van der Waals surface area (Å²) < 4.78 is 0. The van der Waals surface area contributed by atoms with E-state index in [2.05, 4.69) is 73.6 Å². The minimum atomic E-state index is 0.314. The zero-order chi connectivity index (χ0) is 18.5. The highest BCUT2D eigenvalue weighted by molar-refractivity contribution is 5.68. The van der Waals surface area contributed by atoms with Crippen molar-refractivity contribution in [2.24, 2.45) is 0 Å². The van der Waals surface area contributed by atoms with Crippen molar-refractivity contribution in [3.8, 4) is 11.3 Å². The predicted octanol–water partition coefficient (Wildman–Crippen LogP) is 5.71. The van der Waals surface area contributed by atoms with Gasteiger partial charge in [-0.3, -0.25) is 0 Å². The monoisotopic (exact) mass is 346 g/mol. The Morgan fingerprint density at radius 1 is 0.962 bits per heavy atom. The number of aryl methyl sites for hydroxylation is 2. The second-order valence-corrected chi connectivity index (χ2v) is 6.73. The normalized spacial score (nSPS) is 11.8. The summed E-state index contributed by atoms with van der Waals surface area (Å²) in [6.07, 6.45) is 1.01. The van der Waals surface area contributed by atoms with Gasteiger partial charge in [-0.1, -0.05) is 49.4 Å². The van der Waals surface area contributed by atoms with Crippen LogP contribution in [-0.4, -0.2) is 16.0 Å². The number of rotatable bonds is 6. The molecule has 0 fully saturated rings. The molecule has 0 saturated carbocycles. The fraction of sp³-hybridized carbons (Fsp3) is 0.273. The lowest BCUT2D eigenvalue weighted by molar-refractivity contribution is 0.753. The van der Waals surface area contributed by atoms with Crippen LogP contribution in [0.2, 0.25) is 0 Å². The van der Waals surface area contributed by atoms with Crippen LogP contribution in [0.15, 0.2) is 54.6 Å². The molecule has 0 aliphatic rings. The Balaban J connectivity index is 2.00. The molecule has 2 aromatic carbocycles. The van der Waals surface area contributed by atoms with Gasteiger partial charge in [-0.2, -0.15) is 4.98 Å². The van der Waals surface area contributed by atoms with Gasteiger partial charge in [-0.05, 0) is 44.4 Å². The van der Waals surface area contributed by atoms with Gasteiger partial charge in [0.1, 0.15) is 5.82 Å². The van der Waals surface area contributed by atoms with E-state index in [1.165, 1.54) is 11.1 Å². The van der Waals surface area contributed by atoms with Crippen molar-refractivity contribution in [3.63, 3.8) is 0 Å². The van der Waals surface area contributed by atoms with Gasteiger partial charge in [-0.25, -0.2) is 4.98 Å². The van der Waals surface area contributed by atoms with Gasteiger partial charge in [0.15, 0.2) is 0 Å². The van der Waals surface area contributed by atoms with E-state index in [0.717, 1.165) is 29.2 Å². The number of hydrogen-bond donors (Lipinski definition) is 2. The first-order chi connectivity index (χ1) is 12.5. The van der Waals surface area contributed by atoms with Crippen LogP contribution in [-0.2, 0) is 0 Å². The van der Waals surface area contributed by atoms with Crippen LogP contribution in [0.4, 0.5) is 17.5 Å². The molecule has 1 aromatic heterocycles. The first-order valence-electron chi connectivity index (χ1n) is 9.10. The summed E-state index contributed by atoms with van der Waals surface area (Å²) in [5.41, 5.74) is 5.45. The second-order valence-electron chi connectivity index (χ2n) is 6.73. The smallest absolute Gasteiger partial charge is 0.225 e. The first-order valence-corrected chi connectivity index (χ1v) is 9.10. The van der Waals surface area contributed by atoms with E-state index in [1.807, 2.05) is 24.3 Å². The number of benzene rings is 2. The molecule has 0 aliphatic carbocycles. The van der Waals surface area contributed by atoms with Gasteiger partial charge in [0, 0.05) is 23.4 Å².